The normalized spacial score (nSPS) is 11.7. The van der Waals surface area contributed by atoms with Crippen molar-refractivity contribution in [3.05, 3.63) is 59.2 Å². The predicted molar refractivity (Wildman–Crippen MR) is 124 cm³/mol. The van der Waals surface area contributed by atoms with Crippen molar-refractivity contribution in [2.75, 3.05) is 11.9 Å². The Morgan fingerprint density at radius 3 is 2.48 bits per heavy atom. The number of amides is 1. The summed E-state index contributed by atoms with van der Waals surface area (Å²) in [6.07, 6.45) is 0. The lowest BCUT2D eigenvalue weighted by molar-refractivity contribution is -0.118. The van der Waals surface area contributed by atoms with Gasteiger partial charge in [0.05, 0.1) is 16.8 Å². The summed E-state index contributed by atoms with van der Waals surface area (Å²) in [6, 6.07) is 9.69. The molecule has 4 aromatic rings. The Labute approximate surface area is 191 Å². The van der Waals surface area contributed by atoms with E-state index in [1.165, 1.54) is 12.1 Å². The molecule has 8 nitrogen and oxygen atoms in total. The summed E-state index contributed by atoms with van der Waals surface area (Å²) in [7, 11) is 1.79. The molecule has 0 aliphatic rings. The number of halogens is 1. The molecule has 9 heteroatoms. The first-order valence-electron chi connectivity index (χ1n) is 10.6. The van der Waals surface area contributed by atoms with Gasteiger partial charge in [0.25, 0.3) is 5.91 Å². The number of anilines is 1. The molecule has 0 aliphatic heterocycles. The molecule has 0 radical (unpaired) electrons. The summed E-state index contributed by atoms with van der Waals surface area (Å²) in [5.74, 6) is 0.119. The van der Waals surface area contributed by atoms with Crippen molar-refractivity contribution in [3.8, 4) is 11.6 Å². The molecule has 3 heterocycles. The lowest BCUT2D eigenvalue weighted by Gasteiger charge is -2.14. The Balaban J connectivity index is 1.57. The van der Waals surface area contributed by atoms with E-state index in [0.717, 1.165) is 22.3 Å². The topological polar surface area (TPSA) is 86.9 Å². The van der Waals surface area contributed by atoms with Gasteiger partial charge in [-0.3, -0.25) is 4.79 Å². The lowest BCUT2D eigenvalue weighted by atomic mass is 9.92. The Bertz CT molecular complexity index is 1330. The maximum atomic E-state index is 13.4. The number of hydrogen-bond acceptors (Lipinski definition) is 5. The summed E-state index contributed by atoms with van der Waals surface area (Å²) >= 11 is 0. The molecular formula is C24H27FN6O2. The predicted octanol–water partition coefficient (Wildman–Crippen LogP) is 4.22. The van der Waals surface area contributed by atoms with E-state index in [0.29, 0.717) is 23.0 Å². The molecule has 3 aromatic heterocycles. The molecule has 1 aromatic carbocycles. The minimum Gasteiger partial charge on any atom is -0.466 e. The third-order valence-corrected chi connectivity index (χ3v) is 5.24. The second-order valence-corrected chi connectivity index (χ2v) is 9.10. The monoisotopic (exact) mass is 450 g/mol. The molecule has 0 saturated carbocycles. The molecule has 1 amide bonds. The molecule has 0 aliphatic carbocycles. The van der Waals surface area contributed by atoms with Crippen LogP contribution in [-0.2, 0) is 17.3 Å². The number of rotatable bonds is 5. The molecule has 0 spiro atoms. The smallest absolute Gasteiger partial charge is 0.263 e. The van der Waals surface area contributed by atoms with Gasteiger partial charge in [-0.1, -0.05) is 20.8 Å². The van der Waals surface area contributed by atoms with Gasteiger partial charge in [0.15, 0.2) is 12.3 Å². The maximum Gasteiger partial charge on any atom is 0.263 e. The van der Waals surface area contributed by atoms with Gasteiger partial charge in [-0.25, -0.2) is 18.7 Å². The van der Waals surface area contributed by atoms with Crippen molar-refractivity contribution in [2.45, 2.75) is 40.0 Å². The Morgan fingerprint density at radius 1 is 1.12 bits per heavy atom. The molecule has 0 atom stereocenters. The van der Waals surface area contributed by atoms with Gasteiger partial charge in [0.1, 0.15) is 11.6 Å². The zero-order valence-corrected chi connectivity index (χ0v) is 19.6. The van der Waals surface area contributed by atoms with E-state index in [9.17, 15) is 9.18 Å². The standard InChI is InChI=1S/C24H27FN6O2/c1-14-11-15(2)26-22-21(14)23(29-30(22)6)33-13-20(32)27-19-12-18(24(3,4)5)28-31(19)17-9-7-16(25)8-10-17/h7-12H,13H2,1-6H3,(H,27,32). The van der Waals surface area contributed by atoms with Crippen LogP contribution in [0, 0.1) is 19.7 Å². The van der Waals surface area contributed by atoms with E-state index >= 15 is 0 Å². The lowest BCUT2D eigenvalue weighted by Crippen LogP contribution is -2.22. The van der Waals surface area contributed by atoms with Crippen molar-refractivity contribution in [1.82, 2.24) is 24.5 Å². The molecule has 4 rings (SSSR count). The maximum absolute atomic E-state index is 13.4. The SMILES string of the molecule is Cc1cc(C)c2c(OCC(=O)Nc3cc(C(C)(C)C)nn3-c3ccc(F)cc3)nn(C)c2n1. The van der Waals surface area contributed by atoms with Gasteiger partial charge in [-0.15, -0.1) is 5.10 Å². The highest BCUT2D eigenvalue weighted by Crippen LogP contribution is 2.28. The average molecular weight is 451 g/mol. The number of aromatic nitrogens is 5. The molecule has 0 saturated heterocycles. The van der Waals surface area contributed by atoms with Crippen molar-refractivity contribution in [3.63, 3.8) is 0 Å². The quantitative estimate of drug-likeness (QED) is 0.492. The van der Waals surface area contributed by atoms with E-state index in [2.05, 4.69) is 20.5 Å². The summed E-state index contributed by atoms with van der Waals surface area (Å²) in [5, 5.41) is 12.6. The molecular weight excluding hydrogens is 423 g/mol. The molecule has 172 valence electrons. The third-order valence-electron chi connectivity index (χ3n) is 5.24. The highest BCUT2D eigenvalue weighted by molar-refractivity contribution is 5.92. The molecule has 0 unspecified atom stereocenters. The third kappa shape index (κ3) is 4.57. The largest absolute Gasteiger partial charge is 0.466 e. The molecule has 0 fully saturated rings. The Kier molecular flexibility index (Phi) is 5.65. The van der Waals surface area contributed by atoms with Crippen LogP contribution in [0.3, 0.4) is 0 Å². The van der Waals surface area contributed by atoms with E-state index < -0.39 is 0 Å². The molecule has 33 heavy (non-hydrogen) atoms. The van der Waals surface area contributed by atoms with Crippen LogP contribution in [0.15, 0.2) is 36.4 Å². The first-order chi connectivity index (χ1) is 15.5. The number of ether oxygens (including phenoxy) is 1. The van der Waals surface area contributed by atoms with Gasteiger partial charge < -0.3 is 10.1 Å². The van der Waals surface area contributed by atoms with Gasteiger partial charge in [0, 0.05) is 24.2 Å². The summed E-state index contributed by atoms with van der Waals surface area (Å²) in [6.45, 7) is 9.74. The van der Waals surface area contributed by atoms with Crippen molar-refractivity contribution in [2.24, 2.45) is 7.05 Å². The number of fused-ring (bicyclic) bond motifs is 1. The van der Waals surface area contributed by atoms with Crippen LogP contribution in [0.2, 0.25) is 0 Å². The number of carbonyl (C=O) groups excluding carboxylic acids is 1. The fourth-order valence-electron chi connectivity index (χ4n) is 3.58. The minimum atomic E-state index is -0.366. The van der Waals surface area contributed by atoms with Crippen LogP contribution < -0.4 is 10.1 Å². The summed E-state index contributed by atoms with van der Waals surface area (Å²) < 4.78 is 22.4. The summed E-state index contributed by atoms with van der Waals surface area (Å²) in [5.41, 5.74) is 3.75. The van der Waals surface area contributed by atoms with Gasteiger partial charge in [0.2, 0.25) is 5.88 Å². The van der Waals surface area contributed by atoms with Crippen LogP contribution in [0.1, 0.15) is 37.7 Å². The zero-order valence-electron chi connectivity index (χ0n) is 19.6. The number of pyridine rings is 1. The van der Waals surface area contributed by atoms with Crippen LogP contribution in [-0.4, -0.2) is 37.1 Å². The van der Waals surface area contributed by atoms with Crippen molar-refractivity contribution >= 4 is 22.8 Å². The highest BCUT2D eigenvalue weighted by atomic mass is 19.1. The fraction of sp³-hybridized carbons (Fsp3) is 0.333. The van der Waals surface area contributed by atoms with E-state index in [1.807, 2.05) is 46.8 Å². The number of aryl methyl sites for hydroxylation is 3. The van der Waals surface area contributed by atoms with Gasteiger partial charge in [-0.2, -0.15) is 5.10 Å². The zero-order chi connectivity index (χ0) is 23.9. The number of carbonyl (C=O) groups is 1. The van der Waals surface area contributed by atoms with E-state index in [-0.39, 0.29) is 23.7 Å². The Morgan fingerprint density at radius 2 is 1.82 bits per heavy atom. The van der Waals surface area contributed by atoms with E-state index in [4.69, 9.17) is 4.74 Å². The van der Waals surface area contributed by atoms with Crippen LogP contribution in [0.5, 0.6) is 5.88 Å². The number of nitrogens with zero attached hydrogens (tertiary/aromatic N) is 5. The van der Waals surface area contributed by atoms with Crippen LogP contribution in [0.4, 0.5) is 10.2 Å². The first kappa shape index (κ1) is 22.4. The van der Waals surface area contributed by atoms with E-state index in [1.54, 1.807) is 28.5 Å². The number of benzene rings is 1. The van der Waals surface area contributed by atoms with Crippen LogP contribution >= 0.6 is 0 Å². The summed E-state index contributed by atoms with van der Waals surface area (Å²) in [4.78, 5) is 17.3. The Hall–Kier alpha value is -3.75. The second-order valence-electron chi connectivity index (χ2n) is 9.10. The molecule has 1 N–H and O–H groups in total. The van der Waals surface area contributed by atoms with Crippen molar-refractivity contribution < 1.29 is 13.9 Å². The molecule has 0 bridgehead atoms. The number of nitrogens with one attached hydrogen (secondary N) is 1. The average Bonchev–Trinajstić information content (AvgIpc) is 3.28. The van der Waals surface area contributed by atoms with Gasteiger partial charge in [-0.05, 0) is 49.7 Å². The fourth-order valence-corrected chi connectivity index (χ4v) is 3.58. The van der Waals surface area contributed by atoms with Crippen LogP contribution in [0.25, 0.3) is 16.7 Å². The van der Waals surface area contributed by atoms with Crippen molar-refractivity contribution in [1.29, 1.82) is 0 Å². The minimum absolute atomic E-state index is 0.237. The number of hydrogen-bond donors (Lipinski definition) is 1. The second kappa shape index (κ2) is 8.31. The van der Waals surface area contributed by atoms with Gasteiger partial charge >= 0.3 is 0 Å². The first-order valence-corrected chi connectivity index (χ1v) is 10.6. The highest BCUT2D eigenvalue weighted by Gasteiger charge is 2.22.